The number of benzene rings is 1. The van der Waals surface area contributed by atoms with Crippen LogP contribution in [0.5, 0.6) is 23.0 Å². The molecule has 1 aromatic rings. The summed E-state index contributed by atoms with van der Waals surface area (Å²) < 4.78 is 22.0. The quantitative estimate of drug-likeness (QED) is 0.346. The Bertz CT molecular complexity index is 637. The van der Waals surface area contributed by atoms with Crippen molar-refractivity contribution in [2.45, 2.75) is 18.7 Å². The molecule has 0 spiro atoms. The van der Waals surface area contributed by atoms with Gasteiger partial charge in [0.25, 0.3) is 0 Å². The SMILES string of the molecule is COc1c(/C=N\NC(N)=S)c(C[C@H](C)Cl)c(OC)c2c1OCO2. The van der Waals surface area contributed by atoms with Crippen LogP contribution in [0.25, 0.3) is 0 Å². The highest BCUT2D eigenvalue weighted by Gasteiger charge is 2.31. The van der Waals surface area contributed by atoms with E-state index < -0.39 is 0 Å². The Morgan fingerprint density at radius 2 is 2.00 bits per heavy atom. The van der Waals surface area contributed by atoms with E-state index in [2.05, 4.69) is 10.5 Å². The largest absolute Gasteiger partial charge is 0.492 e. The topological polar surface area (TPSA) is 87.3 Å². The zero-order valence-corrected chi connectivity index (χ0v) is 14.6. The van der Waals surface area contributed by atoms with E-state index in [0.717, 1.165) is 5.56 Å². The molecule has 1 aliphatic rings. The highest BCUT2D eigenvalue weighted by Crippen LogP contribution is 2.52. The lowest BCUT2D eigenvalue weighted by Gasteiger charge is -2.18. The van der Waals surface area contributed by atoms with Crippen LogP contribution in [0.1, 0.15) is 18.1 Å². The molecule has 126 valence electrons. The van der Waals surface area contributed by atoms with Gasteiger partial charge in [-0.1, -0.05) is 0 Å². The Morgan fingerprint density at radius 1 is 1.39 bits per heavy atom. The Labute approximate surface area is 144 Å². The molecule has 0 amide bonds. The first-order chi connectivity index (χ1) is 11.0. The third-order valence-electron chi connectivity index (χ3n) is 3.13. The fourth-order valence-electron chi connectivity index (χ4n) is 2.33. The first-order valence-corrected chi connectivity index (χ1v) is 7.63. The van der Waals surface area contributed by atoms with Gasteiger partial charge in [-0.3, -0.25) is 5.43 Å². The average Bonchev–Trinajstić information content (AvgIpc) is 2.95. The van der Waals surface area contributed by atoms with E-state index in [4.69, 9.17) is 48.5 Å². The molecule has 1 atom stereocenters. The van der Waals surface area contributed by atoms with Crippen molar-refractivity contribution in [3.63, 3.8) is 0 Å². The van der Waals surface area contributed by atoms with Gasteiger partial charge in [0.2, 0.25) is 18.3 Å². The van der Waals surface area contributed by atoms with E-state index in [0.29, 0.717) is 35.0 Å². The van der Waals surface area contributed by atoms with E-state index in [9.17, 15) is 0 Å². The first kappa shape index (κ1) is 17.4. The number of thiocarbonyl (C=S) groups is 1. The summed E-state index contributed by atoms with van der Waals surface area (Å²) in [5.74, 6) is 1.99. The van der Waals surface area contributed by atoms with Crippen molar-refractivity contribution in [2.75, 3.05) is 21.0 Å². The number of methoxy groups -OCH3 is 2. The number of nitrogens with zero attached hydrogens (tertiary/aromatic N) is 1. The van der Waals surface area contributed by atoms with Gasteiger partial charge in [0.15, 0.2) is 16.6 Å². The minimum absolute atomic E-state index is 0.0557. The molecule has 1 aliphatic heterocycles. The number of fused-ring (bicyclic) bond motifs is 1. The zero-order chi connectivity index (χ0) is 17.0. The van der Waals surface area contributed by atoms with Gasteiger partial charge in [0.05, 0.1) is 20.4 Å². The number of rotatable bonds is 6. The first-order valence-electron chi connectivity index (χ1n) is 6.78. The van der Waals surface area contributed by atoms with Crippen LogP contribution in [0.4, 0.5) is 0 Å². The lowest BCUT2D eigenvalue weighted by atomic mass is 9.99. The second kappa shape index (κ2) is 7.56. The monoisotopic (exact) mass is 359 g/mol. The summed E-state index contributed by atoms with van der Waals surface area (Å²) in [5.41, 5.74) is 9.34. The molecule has 0 fully saturated rings. The maximum atomic E-state index is 6.17. The summed E-state index contributed by atoms with van der Waals surface area (Å²) in [6.07, 6.45) is 2.06. The highest BCUT2D eigenvalue weighted by atomic mass is 35.5. The molecule has 23 heavy (non-hydrogen) atoms. The number of halogens is 1. The molecule has 0 aromatic heterocycles. The number of nitrogens with one attached hydrogen (secondary N) is 1. The Hall–Kier alpha value is -1.93. The molecular formula is C14H18ClN3O4S. The van der Waals surface area contributed by atoms with Crippen LogP contribution in [-0.2, 0) is 6.42 Å². The summed E-state index contributed by atoms with van der Waals surface area (Å²) >= 11 is 10.9. The molecule has 3 N–H and O–H groups in total. The maximum Gasteiger partial charge on any atom is 0.231 e. The van der Waals surface area contributed by atoms with E-state index in [1.165, 1.54) is 13.3 Å². The normalized spacial score (nSPS) is 13.9. The summed E-state index contributed by atoms with van der Waals surface area (Å²) in [4.78, 5) is 0. The van der Waals surface area contributed by atoms with Crippen LogP contribution in [0.3, 0.4) is 0 Å². The van der Waals surface area contributed by atoms with Gasteiger partial charge in [-0.15, -0.1) is 11.6 Å². The molecule has 1 aromatic carbocycles. The molecule has 0 aliphatic carbocycles. The molecule has 0 bridgehead atoms. The maximum absolute atomic E-state index is 6.17. The number of hydrogen-bond donors (Lipinski definition) is 2. The summed E-state index contributed by atoms with van der Waals surface area (Å²) in [6, 6.07) is 0. The van der Waals surface area contributed by atoms with E-state index in [-0.39, 0.29) is 17.3 Å². The predicted octanol–water partition coefficient (Wildman–Crippen LogP) is 1.77. The Balaban J connectivity index is 2.63. The van der Waals surface area contributed by atoms with Crippen LogP contribution >= 0.6 is 23.8 Å². The number of alkyl halides is 1. The van der Waals surface area contributed by atoms with E-state index in [1.807, 2.05) is 6.92 Å². The van der Waals surface area contributed by atoms with Gasteiger partial charge < -0.3 is 24.7 Å². The Kier molecular flexibility index (Phi) is 5.73. The van der Waals surface area contributed by atoms with Crippen molar-refractivity contribution in [2.24, 2.45) is 10.8 Å². The molecule has 7 nitrogen and oxygen atoms in total. The van der Waals surface area contributed by atoms with Gasteiger partial charge >= 0.3 is 0 Å². The standard InChI is InChI=1S/C14H18ClN3O4S/c1-7(15)4-8-9(5-17-18-14(16)23)11(20-3)13-12(10(8)19-2)21-6-22-13/h5,7H,4,6H2,1-3H3,(H3,16,18,23)/b17-5-/t7-/m0/s1. The van der Waals surface area contributed by atoms with Gasteiger partial charge in [-0.2, -0.15) is 5.10 Å². The average molecular weight is 360 g/mol. The third-order valence-corrected chi connectivity index (χ3v) is 3.38. The molecule has 2 rings (SSSR count). The fraction of sp³-hybridized carbons (Fsp3) is 0.429. The second-order valence-corrected chi connectivity index (χ2v) is 5.93. The molecule has 0 saturated carbocycles. The molecular weight excluding hydrogens is 342 g/mol. The third kappa shape index (κ3) is 3.70. The summed E-state index contributed by atoms with van der Waals surface area (Å²) in [5, 5.41) is 3.92. The van der Waals surface area contributed by atoms with Crippen molar-refractivity contribution in [1.82, 2.24) is 5.43 Å². The van der Waals surface area contributed by atoms with Crippen molar-refractivity contribution in [1.29, 1.82) is 0 Å². The fourth-order valence-corrected chi connectivity index (χ4v) is 2.54. The lowest BCUT2D eigenvalue weighted by molar-refractivity contribution is 0.168. The van der Waals surface area contributed by atoms with Crippen molar-refractivity contribution >= 4 is 35.1 Å². The van der Waals surface area contributed by atoms with Crippen LogP contribution in [-0.4, -0.2) is 37.7 Å². The van der Waals surface area contributed by atoms with Crippen molar-refractivity contribution in [3.8, 4) is 23.0 Å². The minimum Gasteiger partial charge on any atom is -0.492 e. The molecule has 0 unspecified atom stereocenters. The van der Waals surface area contributed by atoms with Gasteiger partial charge in [-0.25, -0.2) is 0 Å². The highest BCUT2D eigenvalue weighted by molar-refractivity contribution is 7.80. The Morgan fingerprint density at radius 3 is 2.52 bits per heavy atom. The summed E-state index contributed by atoms with van der Waals surface area (Å²) in [6.45, 7) is 1.97. The van der Waals surface area contributed by atoms with Crippen LogP contribution < -0.4 is 30.1 Å². The number of nitrogens with two attached hydrogens (primary N) is 1. The van der Waals surface area contributed by atoms with Crippen LogP contribution in [0.15, 0.2) is 5.10 Å². The van der Waals surface area contributed by atoms with Crippen LogP contribution in [0, 0.1) is 0 Å². The second-order valence-electron chi connectivity index (χ2n) is 4.74. The predicted molar refractivity (Wildman–Crippen MR) is 92.2 cm³/mol. The molecule has 0 radical (unpaired) electrons. The van der Waals surface area contributed by atoms with Gasteiger partial charge in [0.1, 0.15) is 0 Å². The summed E-state index contributed by atoms with van der Waals surface area (Å²) in [7, 11) is 3.09. The zero-order valence-electron chi connectivity index (χ0n) is 13.0. The van der Waals surface area contributed by atoms with Gasteiger partial charge in [-0.05, 0) is 25.6 Å². The molecule has 9 heteroatoms. The van der Waals surface area contributed by atoms with Gasteiger partial charge in [0, 0.05) is 16.5 Å². The van der Waals surface area contributed by atoms with E-state index >= 15 is 0 Å². The van der Waals surface area contributed by atoms with Crippen molar-refractivity contribution < 1.29 is 18.9 Å². The molecule has 1 heterocycles. The van der Waals surface area contributed by atoms with Crippen molar-refractivity contribution in [3.05, 3.63) is 11.1 Å². The van der Waals surface area contributed by atoms with E-state index in [1.54, 1.807) is 7.11 Å². The minimum atomic E-state index is -0.135. The lowest BCUT2D eigenvalue weighted by Crippen LogP contribution is -2.24. The number of ether oxygens (including phenoxy) is 4. The smallest absolute Gasteiger partial charge is 0.231 e. The molecule has 0 saturated heterocycles. The number of hydrazone groups is 1. The number of hydrogen-bond acceptors (Lipinski definition) is 6. The van der Waals surface area contributed by atoms with Crippen LogP contribution in [0.2, 0.25) is 0 Å².